The number of aromatic nitrogens is 2. The molecular weight excluding hydrogens is 342 g/mol. The summed E-state index contributed by atoms with van der Waals surface area (Å²) in [7, 11) is 0. The maximum atomic E-state index is 12.4. The number of rotatable bonds is 4. The van der Waals surface area contributed by atoms with E-state index in [1.54, 1.807) is 35.8 Å². The van der Waals surface area contributed by atoms with Crippen LogP contribution in [0.3, 0.4) is 0 Å². The fourth-order valence-electron chi connectivity index (χ4n) is 2.01. The summed E-state index contributed by atoms with van der Waals surface area (Å²) >= 11 is 7.22. The van der Waals surface area contributed by atoms with E-state index in [0.29, 0.717) is 16.3 Å². The quantitative estimate of drug-likeness (QED) is 0.390. The highest BCUT2D eigenvalue weighted by molar-refractivity contribution is 7.13. The van der Waals surface area contributed by atoms with Gasteiger partial charge in [-0.3, -0.25) is 9.78 Å². The molecule has 4 nitrogen and oxygen atoms in total. The standard InChI is InChI=1S/C18H10ClN3OS/c19-14-6-4-12(5-7-14)17(23)13(10-20)9-15-11-24-18(22-15)16-3-1-2-8-21-16/h1-9,11H. The van der Waals surface area contributed by atoms with Crippen LogP contribution in [0.5, 0.6) is 0 Å². The normalized spacial score (nSPS) is 11.1. The third-order valence-corrected chi connectivity index (χ3v) is 4.30. The first-order valence-corrected chi connectivity index (χ1v) is 8.22. The van der Waals surface area contributed by atoms with Crippen molar-refractivity contribution in [3.05, 3.63) is 75.9 Å². The number of halogens is 1. The molecule has 3 rings (SSSR count). The monoisotopic (exact) mass is 351 g/mol. The van der Waals surface area contributed by atoms with Crippen LogP contribution in [0, 0.1) is 11.3 Å². The Kier molecular flexibility index (Phi) is 4.80. The van der Waals surface area contributed by atoms with Gasteiger partial charge in [0.15, 0.2) is 0 Å². The van der Waals surface area contributed by atoms with Gasteiger partial charge in [0, 0.05) is 22.2 Å². The Hall–Kier alpha value is -2.81. The van der Waals surface area contributed by atoms with E-state index in [0.717, 1.165) is 10.7 Å². The molecule has 1 aromatic carbocycles. The predicted molar refractivity (Wildman–Crippen MR) is 94.7 cm³/mol. The van der Waals surface area contributed by atoms with Crippen LogP contribution >= 0.6 is 22.9 Å². The van der Waals surface area contributed by atoms with Gasteiger partial charge in [-0.15, -0.1) is 11.3 Å². The lowest BCUT2D eigenvalue weighted by Crippen LogP contribution is -2.01. The van der Waals surface area contributed by atoms with Crippen molar-refractivity contribution in [3.63, 3.8) is 0 Å². The largest absolute Gasteiger partial charge is 0.288 e. The first-order valence-electron chi connectivity index (χ1n) is 6.96. The number of pyridine rings is 1. The van der Waals surface area contributed by atoms with Crippen LogP contribution in [0.25, 0.3) is 16.8 Å². The Labute approximate surface area is 147 Å². The van der Waals surface area contributed by atoms with Gasteiger partial charge in [-0.2, -0.15) is 5.26 Å². The second-order valence-corrected chi connectivity index (χ2v) is 6.09. The Bertz CT molecular complexity index is 940. The molecule has 0 N–H and O–H groups in total. The summed E-state index contributed by atoms with van der Waals surface area (Å²) in [5.74, 6) is -0.360. The highest BCUT2D eigenvalue weighted by atomic mass is 35.5. The molecular formula is C18H10ClN3OS. The maximum Gasteiger partial charge on any atom is 0.203 e. The van der Waals surface area contributed by atoms with Crippen molar-refractivity contribution in [2.75, 3.05) is 0 Å². The van der Waals surface area contributed by atoms with Crippen LogP contribution < -0.4 is 0 Å². The van der Waals surface area contributed by atoms with Gasteiger partial charge >= 0.3 is 0 Å². The highest BCUT2D eigenvalue weighted by Gasteiger charge is 2.13. The van der Waals surface area contributed by atoms with Gasteiger partial charge in [-0.25, -0.2) is 4.98 Å². The van der Waals surface area contributed by atoms with Crippen molar-refractivity contribution >= 4 is 34.8 Å². The summed E-state index contributed by atoms with van der Waals surface area (Å²) in [6.45, 7) is 0. The van der Waals surface area contributed by atoms with Crippen LogP contribution in [-0.4, -0.2) is 15.8 Å². The Morgan fingerprint density at radius 3 is 2.67 bits per heavy atom. The van der Waals surface area contributed by atoms with Gasteiger partial charge in [0.1, 0.15) is 16.6 Å². The highest BCUT2D eigenvalue weighted by Crippen LogP contribution is 2.23. The number of benzene rings is 1. The van der Waals surface area contributed by atoms with Crippen molar-refractivity contribution in [3.8, 4) is 16.8 Å². The van der Waals surface area contributed by atoms with Crippen LogP contribution in [0.4, 0.5) is 0 Å². The number of thiazole rings is 1. The molecule has 24 heavy (non-hydrogen) atoms. The van der Waals surface area contributed by atoms with Gasteiger partial charge < -0.3 is 0 Å². The van der Waals surface area contributed by atoms with Crippen LogP contribution in [0.1, 0.15) is 16.1 Å². The number of ketones is 1. The van der Waals surface area contributed by atoms with Crippen LogP contribution in [-0.2, 0) is 0 Å². The van der Waals surface area contributed by atoms with Crippen LogP contribution in [0.2, 0.25) is 5.02 Å². The average molecular weight is 352 g/mol. The van der Waals surface area contributed by atoms with Crippen molar-refractivity contribution < 1.29 is 4.79 Å². The van der Waals surface area contributed by atoms with Crippen LogP contribution in [0.15, 0.2) is 59.6 Å². The fourth-order valence-corrected chi connectivity index (χ4v) is 2.89. The second-order valence-electron chi connectivity index (χ2n) is 4.80. The number of carbonyl (C=O) groups is 1. The molecule has 2 aromatic heterocycles. The van der Waals surface area contributed by atoms with Gasteiger partial charge in [-0.05, 0) is 42.5 Å². The first kappa shape index (κ1) is 16.1. The molecule has 0 atom stereocenters. The van der Waals surface area contributed by atoms with E-state index < -0.39 is 0 Å². The number of nitriles is 1. The number of hydrogen-bond acceptors (Lipinski definition) is 5. The Balaban J connectivity index is 1.89. The third kappa shape index (κ3) is 3.57. The number of nitrogens with zero attached hydrogens (tertiary/aromatic N) is 3. The smallest absolute Gasteiger partial charge is 0.203 e. The maximum absolute atomic E-state index is 12.4. The number of Topliss-reactive ketones (excluding diaryl/α,β-unsaturated/α-hetero) is 1. The lowest BCUT2D eigenvalue weighted by atomic mass is 10.0. The summed E-state index contributed by atoms with van der Waals surface area (Å²) in [6, 6.07) is 13.9. The van der Waals surface area contributed by atoms with Crippen molar-refractivity contribution in [2.24, 2.45) is 0 Å². The number of carbonyl (C=O) groups excluding carboxylic acids is 1. The topological polar surface area (TPSA) is 66.6 Å². The minimum atomic E-state index is -0.360. The summed E-state index contributed by atoms with van der Waals surface area (Å²) in [5, 5.41) is 12.4. The van der Waals surface area contributed by atoms with E-state index in [4.69, 9.17) is 11.6 Å². The van der Waals surface area contributed by atoms with E-state index in [1.165, 1.54) is 17.4 Å². The Morgan fingerprint density at radius 2 is 2.00 bits per heavy atom. The van der Waals surface area contributed by atoms with Gasteiger partial charge in [0.25, 0.3) is 0 Å². The summed E-state index contributed by atoms with van der Waals surface area (Å²) in [5.41, 5.74) is 1.74. The van der Waals surface area contributed by atoms with E-state index in [2.05, 4.69) is 9.97 Å². The molecule has 0 bridgehead atoms. The predicted octanol–water partition coefficient (Wildman–Crippen LogP) is 4.65. The number of allylic oxidation sites excluding steroid dienone is 1. The molecule has 3 aromatic rings. The van der Waals surface area contributed by atoms with Crippen molar-refractivity contribution in [2.45, 2.75) is 0 Å². The number of hydrogen-bond donors (Lipinski definition) is 0. The average Bonchev–Trinajstić information content (AvgIpc) is 3.09. The van der Waals surface area contributed by atoms with Gasteiger partial charge in [-0.1, -0.05) is 17.7 Å². The zero-order valence-corrected chi connectivity index (χ0v) is 13.9. The zero-order valence-electron chi connectivity index (χ0n) is 12.3. The molecule has 0 radical (unpaired) electrons. The summed E-state index contributed by atoms with van der Waals surface area (Å²) < 4.78 is 0. The molecule has 0 saturated carbocycles. The molecule has 2 heterocycles. The lowest BCUT2D eigenvalue weighted by molar-refractivity contribution is 0.104. The van der Waals surface area contributed by atoms with Crippen molar-refractivity contribution in [1.29, 1.82) is 5.26 Å². The molecule has 0 aliphatic rings. The van der Waals surface area contributed by atoms with Gasteiger partial charge in [0.2, 0.25) is 5.78 Å². The molecule has 116 valence electrons. The van der Waals surface area contributed by atoms with E-state index in [-0.39, 0.29) is 11.4 Å². The van der Waals surface area contributed by atoms with E-state index >= 15 is 0 Å². The zero-order chi connectivity index (χ0) is 16.9. The lowest BCUT2D eigenvalue weighted by Gasteiger charge is -1.99. The molecule has 0 amide bonds. The molecule has 0 aliphatic carbocycles. The SMILES string of the molecule is N#CC(=Cc1csc(-c2ccccn2)n1)C(=O)c1ccc(Cl)cc1. The molecule has 0 unspecified atom stereocenters. The molecule has 0 spiro atoms. The molecule has 0 fully saturated rings. The molecule has 0 aliphatic heterocycles. The summed E-state index contributed by atoms with van der Waals surface area (Å²) in [4.78, 5) is 21.0. The minimum absolute atomic E-state index is 0.0233. The first-order chi connectivity index (χ1) is 11.7. The third-order valence-electron chi connectivity index (χ3n) is 3.17. The molecule has 6 heteroatoms. The minimum Gasteiger partial charge on any atom is -0.288 e. The van der Waals surface area contributed by atoms with Crippen molar-refractivity contribution in [1.82, 2.24) is 9.97 Å². The summed E-state index contributed by atoms with van der Waals surface area (Å²) in [6.07, 6.45) is 3.18. The van der Waals surface area contributed by atoms with E-state index in [9.17, 15) is 10.1 Å². The molecule has 0 saturated heterocycles. The Morgan fingerprint density at radius 1 is 1.21 bits per heavy atom. The fraction of sp³-hybridized carbons (Fsp3) is 0. The second kappa shape index (κ2) is 7.18. The van der Waals surface area contributed by atoms with E-state index in [1.807, 2.05) is 24.3 Å². The van der Waals surface area contributed by atoms with Gasteiger partial charge in [0.05, 0.1) is 11.4 Å².